The van der Waals surface area contributed by atoms with Gasteiger partial charge in [0, 0.05) is 37.3 Å². The van der Waals surface area contributed by atoms with Gasteiger partial charge in [-0.05, 0) is 24.6 Å². The second-order valence-corrected chi connectivity index (χ2v) is 8.46. The average Bonchev–Trinajstić information content (AvgIpc) is 3.40. The quantitative estimate of drug-likeness (QED) is 0.434. The number of methoxy groups -OCH3 is 1. The largest absolute Gasteiger partial charge is 0.465 e. The Morgan fingerprint density at radius 3 is 2.76 bits per heavy atom. The molecular formula is C19H23N5O3S2. The first-order chi connectivity index (χ1) is 13.9. The summed E-state index contributed by atoms with van der Waals surface area (Å²) in [5.74, 6) is 0.323. The molecule has 0 saturated carbocycles. The lowest BCUT2D eigenvalue weighted by molar-refractivity contribution is -0.113. The van der Waals surface area contributed by atoms with Crippen molar-refractivity contribution in [2.24, 2.45) is 14.1 Å². The SMILES string of the molecule is CCc1cc(C(=O)OC)c(NC(=O)CSc2nnc(Cc3cccn3C)n2C)s1. The number of aryl methyl sites for hydroxylation is 2. The molecular weight excluding hydrogens is 410 g/mol. The first-order valence-electron chi connectivity index (χ1n) is 9.05. The second kappa shape index (κ2) is 9.27. The Morgan fingerprint density at radius 1 is 1.31 bits per heavy atom. The summed E-state index contributed by atoms with van der Waals surface area (Å²) in [6.07, 6.45) is 3.43. The number of hydrogen-bond donors (Lipinski definition) is 1. The molecule has 3 rings (SSSR count). The molecule has 0 aliphatic heterocycles. The minimum Gasteiger partial charge on any atom is -0.465 e. The molecule has 0 aliphatic rings. The highest BCUT2D eigenvalue weighted by Crippen LogP contribution is 2.29. The number of hydrogen-bond acceptors (Lipinski definition) is 7. The van der Waals surface area contributed by atoms with E-state index in [9.17, 15) is 9.59 Å². The molecule has 3 aromatic heterocycles. The van der Waals surface area contributed by atoms with Gasteiger partial charge in [-0.1, -0.05) is 18.7 Å². The number of aromatic nitrogens is 4. The second-order valence-electron chi connectivity index (χ2n) is 6.38. The molecule has 3 aromatic rings. The Kier molecular flexibility index (Phi) is 6.75. The lowest BCUT2D eigenvalue weighted by Crippen LogP contribution is -2.16. The zero-order chi connectivity index (χ0) is 21.0. The van der Waals surface area contributed by atoms with Crippen LogP contribution in [0.4, 0.5) is 5.00 Å². The highest BCUT2D eigenvalue weighted by molar-refractivity contribution is 7.99. The molecule has 0 radical (unpaired) electrons. The molecule has 1 N–H and O–H groups in total. The van der Waals surface area contributed by atoms with E-state index >= 15 is 0 Å². The van der Waals surface area contributed by atoms with Crippen LogP contribution >= 0.6 is 23.1 Å². The minimum atomic E-state index is -0.456. The molecule has 0 bridgehead atoms. The van der Waals surface area contributed by atoms with E-state index < -0.39 is 5.97 Å². The van der Waals surface area contributed by atoms with Crippen molar-refractivity contribution in [3.05, 3.63) is 46.4 Å². The van der Waals surface area contributed by atoms with Crippen LogP contribution in [0.3, 0.4) is 0 Å². The van der Waals surface area contributed by atoms with Crippen molar-refractivity contribution in [2.45, 2.75) is 24.9 Å². The molecule has 8 nitrogen and oxygen atoms in total. The van der Waals surface area contributed by atoms with Crippen molar-refractivity contribution in [1.82, 2.24) is 19.3 Å². The van der Waals surface area contributed by atoms with E-state index in [0.717, 1.165) is 22.8 Å². The first-order valence-corrected chi connectivity index (χ1v) is 10.8. The van der Waals surface area contributed by atoms with Crippen LogP contribution in [0.2, 0.25) is 0 Å². The van der Waals surface area contributed by atoms with Crippen molar-refractivity contribution in [2.75, 3.05) is 18.2 Å². The topological polar surface area (TPSA) is 91.0 Å². The molecule has 10 heteroatoms. The molecule has 0 atom stereocenters. The lowest BCUT2D eigenvalue weighted by Gasteiger charge is -2.06. The third kappa shape index (κ3) is 4.88. The number of thiophene rings is 1. The van der Waals surface area contributed by atoms with Crippen LogP contribution < -0.4 is 5.32 Å². The van der Waals surface area contributed by atoms with Gasteiger partial charge < -0.3 is 19.2 Å². The maximum atomic E-state index is 12.4. The summed E-state index contributed by atoms with van der Waals surface area (Å²) in [7, 11) is 5.21. The fraction of sp³-hybridized carbons (Fsp3) is 0.368. The number of rotatable bonds is 8. The molecule has 0 aliphatic carbocycles. The molecule has 1 amide bonds. The Bertz CT molecular complexity index is 1020. The number of amides is 1. The van der Waals surface area contributed by atoms with Crippen molar-refractivity contribution in [3.63, 3.8) is 0 Å². The normalized spacial score (nSPS) is 10.9. The minimum absolute atomic E-state index is 0.163. The van der Waals surface area contributed by atoms with E-state index in [2.05, 4.69) is 15.5 Å². The summed E-state index contributed by atoms with van der Waals surface area (Å²) in [4.78, 5) is 25.4. The standard InChI is InChI=1S/C19H23N5O3S2/c1-5-13-10-14(18(26)27-4)17(29-13)20-16(25)11-28-19-22-21-15(24(19)3)9-12-7-6-8-23(12)2/h6-8,10H,5,9,11H2,1-4H3,(H,20,25). The van der Waals surface area contributed by atoms with E-state index in [0.29, 0.717) is 22.1 Å². The van der Waals surface area contributed by atoms with E-state index in [-0.39, 0.29) is 11.7 Å². The van der Waals surface area contributed by atoms with Crippen LogP contribution in [0.1, 0.15) is 33.7 Å². The van der Waals surface area contributed by atoms with Crippen LogP contribution in [-0.2, 0) is 36.5 Å². The maximum absolute atomic E-state index is 12.4. The van der Waals surface area contributed by atoms with Gasteiger partial charge >= 0.3 is 5.97 Å². The van der Waals surface area contributed by atoms with E-state index in [4.69, 9.17) is 4.74 Å². The molecule has 0 aromatic carbocycles. The Morgan fingerprint density at radius 2 is 2.10 bits per heavy atom. The zero-order valence-electron chi connectivity index (χ0n) is 16.8. The van der Waals surface area contributed by atoms with Crippen LogP contribution in [0.25, 0.3) is 0 Å². The van der Waals surface area contributed by atoms with Gasteiger partial charge in [0.25, 0.3) is 0 Å². The highest BCUT2D eigenvalue weighted by Gasteiger charge is 2.19. The Labute approximate surface area is 177 Å². The summed E-state index contributed by atoms with van der Waals surface area (Å²) in [5, 5.41) is 12.4. The number of nitrogens with one attached hydrogen (secondary N) is 1. The maximum Gasteiger partial charge on any atom is 0.340 e. The Balaban J connectivity index is 1.62. The van der Waals surface area contributed by atoms with Gasteiger partial charge in [0.15, 0.2) is 5.16 Å². The third-order valence-corrected chi connectivity index (χ3v) is 6.65. The number of esters is 1. The summed E-state index contributed by atoms with van der Waals surface area (Å²) in [6, 6.07) is 5.79. The number of nitrogens with zero attached hydrogens (tertiary/aromatic N) is 4. The zero-order valence-corrected chi connectivity index (χ0v) is 18.4. The number of thioether (sulfide) groups is 1. The van der Waals surface area contributed by atoms with Crippen molar-refractivity contribution in [1.29, 1.82) is 0 Å². The fourth-order valence-corrected chi connectivity index (χ4v) is 4.46. The third-order valence-electron chi connectivity index (χ3n) is 4.44. The molecule has 154 valence electrons. The smallest absolute Gasteiger partial charge is 0.340 e. The molecule has 0 saturated heterocycles. The van der Waals surface area contributed by atoms with Gasteiger partial charge in [-0.3, -0.25) is 4.79 Å². The molecule has 3 heterocycles. The monoisotopic (exact) mass is 433 g/mol. The average molecular weight is 434 g/mol. The molecule has 0 fully saturated rings. The van der Waals surface area contributed by atoms with Gasteiger partial charge in [-0.2, -0.15) is 0 Å². The van der Waals surface area contributed by atoms with Gasteiger partial charge in [0.2, 0.25) is 5.91 Å². The number of anilines is 1. The van der Waals surface area contributed by atoms with Gasteiger partial charge in [-0.15, -0.1) is 21.5 Å². The van der Waals surface area contributed by atoms with Crippen LogP contribution in [0, 0.1) is 0 Å². The van der Waals surface area contributed by atoms with Gasteiger partial charge in [0.1, 0.15) is 10.8 Å². The number of ether oxygens (including phenoxy) is 1. The van der Waals surface area contributed by atoms with Crippen molar-refractivity contribution in [3.8, 4) is 0 Å². The van der Waals surface area contributed by atoms with Crippen LogP contribution in [0.15, 0.2) is 29.6 Å². The number of carbonyl (C=O) groups is 2. The first kappa shape index (κ1) is 21.1. The van der Waals surface area contributed by atoms with E-state index in [1.807, 2.05) is 48.5 Å². The van der Waals surface area contributed by atoms with Gasteiger partial charge in [-0.25, -0.2) is 4.79 Å². The predicted octanol–water partition coefficient (Wildman–Crippen LogP) is 2.89. The Hall–Kier alpha value is -2.59. The number of carbonyl (C=O) groups excluding carboxylic acids is 2. The van der Waals surface area contributed by atoms with Crippen LogP contribution in [0.5, 0.6) is 0 Å². The van der Waals surface area contributed by atoms with Gasteiger partial charge in [0.05, 0.1) is 18.4 Å². The summed E-state index contributed by atoms with van der Waals surface area (Å²) in [6.45, 7) is 2.00. The highest BCUT2D eigenvalue weighted by atomic mass is 32.2. The summed E-state index contributed by atoms with van der Waals surface area (Å²) in [5.41, 5.74) is 1.52. The predicted molar refractivity (Wildman–Crippen MR) is 114 cm³/mol. The summed E-state index contributed by atoms with van der Waals surface area (Å²) >= 11 is 2.69. The van der Waals surface area contributed by atoms with Crippen molar-refractivity contribution < 1.29 is 14.3 Å². The van der Waals surface area contributed by atoms with Crippen LogP contribution in [-0.4, -0.2) is 44.1 Å². The fourth-order valence-electron chi connectivity index (χ4n) is 2.73. The van der Waals surface area contributed by atoms with E-state index in [1.165, 1.54) is 30.2 Å². The summed E-state index contributed by atoms with van der Waals surface area (Å²) < 4.78 is 8.74. The lowest BCUT2D eigenvalue weighted by atomic mass is 10.2. The van der Waals surface area contributed by atoms with Crippen molar-refractivity contribution >= 4 is 40.0 Å². The molecule has 0 spiro atoms. The van der Waals surface area contributed by atoms with E-state index in [1.54, 1.807) is 6.07 Å². The molecule has 0 unspecified atom stereocenters. The molecule has 29 heavy (non-hydrogen) atoms.